The lowest BCUT2D eigenvalue weighted by Crippen LogP contribution is -2.24. The number of carbonyl (C=O) groups is 1. The van der Waals surface area contributed by atoms with Crippen LogP contribution in [0.2, 0.25) is 0 Å². The molecule has 1 atom stereocenters. The molecule has 5 nitrogen and oxygen atoms in total. The summed E-state index contributed by atoms with van der Waals surface area (Å²) in [5.74, 6) is 0.870. The Kier molecular flexibility index (Phi) is 5.51. The summed E-state index contributed by atoms with van der Waals surface area (Å²) >= 11 is 1.59. The van der Waals surface area contributed by atoms with E-state index in [1.54, 1.807) is 30.3 Å². The van der Waals surface area contributed by atoms with Gasteiger partial charge in [-0.15, -0.1) is 11.3 Å². The van der Waals surface area contributed by atoms with E-state index in [9.17, 15) is 4.79 Å². The molecule has 0 saturated carbocycles. The van der Waals surface area contributed by atoms with Crippen LogP contribution in [-0.2, 0) is 17.8 Å². The summed E-state index contributed by atoms with van der Waals surface area (Å²) in [6.07, 6.45) is 1.68. The predicted molar refractivity (Wildman–Crippen MR) is 81.8 cm³/mol. The average Bonchev–Trinajstić information content (AvgIpc) is 3.00. The van der Waals surface area contributed by atoms with Crippen LogP contribution in [0.3, 0.4) is 0 Å². The molecular weight excluding hydrogens is 272 g/mol. The summed E-state index contributed by atoms with van der Waals surface area (Å²) < 4.78 is 0. The maximum atomic E-state index is 11.7. The number of aromatic nitrogens is 1. The molecule has 20 heavy (non-hydrogen) atoms. The van der Waals surface area contributed by atoms with Crippen LogP contribution < -0.4 is 5.32 Å². The van der Waals surface area contributed by atoms with Gasteiger partial charge in [-0.2, -0.15) is 0 Å². The molecule has 1 aromatic rings. The first-order valence-electron chi connectivity index (χ1n) is 7.09. The highest BCUT2D eigenvalue weighted by Crippen LogP contribution is 2.19. The van der Waals surface area contributed by atoms with Gasteiger partial charge in [-0.1, -0.05) is 0 Å². The largest absolute Gasteiger partial charge is 0.348 e. The summed E-state index contributed by atoms with van der Waals surface area (Å²) in [5.41, 5.74) is 1.10. The molecule has 1 aliphatic rings. The Hall–Kier alpha value is -0.980. The minimum atomic E-state index is 0.112. The molecule has 1 fully saturated rings. The molecule has 112 valence electrons. The molecule has 2 rings (SSSR count). The van der Waals surface area contributed by atoms with Crippen LogP contribution in [0.5, 0.6) is 0 Å². The number of amides is 1. The molecule has 0 aromatic carbocycles. The zero-order valence-electron chi connectivity index (χ0n) is 12.6. The van der Waals surface area contributed by atoms with E-state index in [0.29, 0.717) is 6.42 Å². The Morgan fingerprint density at radius 2 is 2.40 bits per heavy atom. The smallest absolute Gasteiger partial charge is 0.228 e. The van der Waals surface area contributed by atoms with Crippen molar-refractivity contribution in [2.45, 2.75) is 19.4 Å². The number of carbonyl (C=O) groups excluding carboxylic acids is 1. The fourth-order valence-electron chi connectivity index (χ4n) is 2.53. The molecule has 0 bridgehead atoms. The van der Waals surface area contributed by atoms with Crippen LogP contribution >= 0.6 is 11.3 Å². The van der Waals surface area contributed by atoms with Crippen LogP contribution in [0, 0.1) is 5.92 Å². The van der Waals surface area contributed by atoms with E-state index >= 15 is 0 Å². The van der Waals surface area contributed by atoms with Gasteiger partial charge in [0.15, 0.2) is 0 Å². The summed E-state index contributed by atoms with van der Waals surface area (Å²) in [5, 5.41) is 6.26. The number of nitrogens with one attached hydrogen (secondary N) is 1. The van der Waals surface area contributed by atoms with E-state index in [0.717, 1.165) is 42.8 Å². The highest BCUT2D eigenvalue weighted by molar-refractivity contribution is 7.09. The maximum Gasteiger partial charge on any atom is 0.228 e. The average molecular weight is 296 g/mol. The van der Waals surface area contributed by atoms with Crippen molar-refractivity contribution in [1.82, 2.24) is 20.1 Å². The molecule has 1 unspecified atom stereocenters. The minimum absolute atomic E-state index is 0.112. The molecule has 1 amide bonds. The zero-order chi connectivity index (χ0) is 14.5. The van der Waals surface area contributed by atoms with Gasteiger partial charge in [0.25, 0.3) is 0 Å². The van der Waals surface area contributed by atoms with E-state index in [1.165, 1.54) is 6.42 Å². The van der Waals surface area contributed by atoms with Gasteiger partial charge in [0.1, 0.15) is 5.01 Å². The number of rotatable bonds is 6. The quantitative estimate of drug-likeness (QED) is 0.844. The second-order valence-corrected chi connectivity index (χ2v) is 6.59. The molecule has 2 heterocycles. The van der Waals surface area contributed by atoms with Crippen LogP contribution in [-0.4, -0.2) is 61.5 Å². The highest BCUT2D eigenvalue weighted by Gasteiger charge is 2.22. The Labute approximate surface area is 125 Å². The van der Waals surface area contributed by atoms with Gasteiger partial charge in [-0.25, -0.2) is 4.98 Å². The predicted octanol–water partition coefficient (Wildman–Crippen LogP) is 0.815. The number of likely N-dealkylation sites (N-methyl/N-ethyl adjacent to an activating group) is 1. The van der Waals surface area contributed by atoms with Crippen molar-refractivity contribution in [3.8, 4) is 0 Å². The first kappa shape index (κ1) is 15.4. The summed E-state index contributed by atoms with van der Waals surface area (Å²) in [7, 11) is 5.57. The lowest BCUT2D eigenvalue weighted by atomic mass is 10.1. The zero-order valence-corrected chi connectivity index (χ0v) is 13.4. The third-order valence-corrected chi connectivity index (χ3v) is 4.55. The monoisotopic (exact) mass is 296 g/mol. The Morgan fingerprint density at radius 1 is 1.60 bits per heavy atom. The van der Waals surface area contributed by atoms with Crippen molar-refractivity contribution in [1.29, 1.82) is 0 Å². The van der Waals surface area contributed by atoms with Crippen molar-refractivity contribution in [2.75, 3.05) is 40.8 Å². The van der Waals surface area contributed by atoms with E-state index in [1.807, 2.05) is 7.05 Å². The Bertz CT molecular complexity index is 446. The van der Waals surface area contributed by atoms with Gasteiger partial charge < -0.3 is 10.2 Å². The molecule has 1 aromatic heterocycles. The topological polar surface area (TPSA) is 48.5 Å². The van der Waals surface area contributed by atoms with Crippen LogP contribution in [0.4, 0.5) is 0 Å². The standard InChI is InChI=1S/C14H24N4OS/c1-15-7-11-4-5-18(8-11)9-12-10-20-13(16-12)6-14(19)17(2)3/h10-11,15H,4-9H2,1-3H3. The van der Waals surface area contributed by atoms with Crippen molar-refractivity contribution < 1.29 is 4.79 Å². The molecule has 1 N–H and O–H groups in total. The number of thiazole rings is 1. The first-order valence-corrected chi connectivity index (χ1v) is 7.97. The van der Waals surface area contributed by atoms with E-state index in [2.05, 4.69) is 20.6 Å². The van der Waals surface area contributed by atoms with Crippen LogP contribution in [0.1, 0.15) is 17.1 Å². The first-order chi connectivity index (χ1) is 9.58. The van der Waals surface area contributed by atoms with Gasteiger partial charge >= 0.3 is 0 Å². The molecule has 6 heteroatoms. The van der Waals surface area contributed by atoms with Gasteiger partial charge in [0.2, 0.25) is 5.91 Å². The van der Waals surface area contributed by atoms with E-state index in [-0.39, 0.29) is 5.91 Å². The summed E-state index contributed by atoms with van der Waals surface area (Å²) in [6.45, 7) is 4.29. The molecule has 0 radical (unpaired) electrons. The third-order valence-electron chi connectivity index (χ3n) is 3.65. The Balaban J connectivity index is 1.83. The van der Waals surface area contributed by atoms with Crippen molar-refractivity contribution in [3.63, 3.8) is 0 Å². The molecule has 0 aliphatic carbocycles. The lowest BCUT2D eigenvalue weighted by molar-refractivity contribution is -0.127. The van der Waals surface area contributed by atoms with E-state index in [4.69, 9.17) is 0 Å². The minimum Gasteiger partial charge on any atom is -0.348 e. The Morgan fingerprint density at radius 3 is 3.10 bits per heavy atom. The van der Waals surface area contributed by atoms with Gasteiger partial charge in [-0.05, 0) is 32.5 Å². The van der Waals surface area contributed by atoms with Crippen molar-refractivity contribution in [3.05, 3.63) is 16.1 Å². The molecule has 0 spiro atoms. The van der Waals surface area contributed by atoms with Crippen LogP contribution in [0.15, 0.2) is 5.38 Å². The number of likely N-dealkylation sites (tertiary alicyclic amines) is 1. The number of hydrogen-bond acceptors (Lipinski definition) is 5. The second-order valence-electron chi connectivity index (χ2n) is 5.65. The fraction of sp³-hybridized carbons (Fsp3) is 0.714. The number of hydrogen-bond donors (Lipinski definition) is 1. The second kappa shape index (κ2) is 7.15. The maximum absolute atomic E-state index is 11.7. The van der Waals surface area contributed by atoms with Gasteiger partial charge in [0.05, 0.1) is 12.1 Å². The highest BCUT2D eigenvalue weighted by atomic mass is 32.1. The van der Waals surface area contributed by atoms with E-state index < -0.39 is 0 Å². The normalized spacial score (nSPS) is 19.4. The molecule has 1 aliphatic heterocycles. The number of nitrogens with zero attached hydrogens (tertiary/aromatic N) is 3. The van der Waals surface area contributed by atoms with Gasteiger partial charge in [0, 0.05) is 32.6 Å². The van der Waals surface area contributed by atoms with Gasteiger partial charge in [-0.3, -0.25) is 9.69 Å². The third kappa shape index (κ3) is 4.26. The SMILES string of the molecule is CNCC1CCN(Cc2csc(CC(=O)N(C)C)n2)C1. The van der Waals surface area contributed by atoms with Crippen molar-refractivity contribution in [2.24, 2.45) is 5.92 Å². The fourth-order valence-corrected chi connectivity index (χ4v) is 3.31. The van der Waals surface area contributed by atoms with Crippen molar-refractivity contribution >= 4 is 17.2 Å². The molecular formula is C14H24N4OS. The van der Waals surface area contributed by atoms with Crippen LogP contribution in [0.25, 0.3) is 0 Å². The summed E-state index contributed by atoms with van der Waals surface area (Å²) in [4.78, 5) is 20.3. The molecule has 1 saturated heterocycles. The summed E-state index contributed by atoms with van der Waals surface area (Å²) in [6, 6.07) is 0. The lowest BCUT2D eigenvalue weighted by Gasteiger charge is -2.14.